The fourth-order valence-corrected chi connectivity index (χ4v) is 3.20. The van der Waals surface area contributed by atoms with Crippen molar-refractivity contribution in [1.29, 1.82) is 0 Å². The van der Waals surface area contributed by atoms with Crippen LogP contribution in [0.5, 0.6) is 0 Å². The van der Waals surface area contributed by atoms with Gasteiger partial charge in [0.1, 0.15) is 19.3 Å². The zero-order chi connectivity index (χ0) is 26.9. The van der Waals surface area contributed by atoms with Gasteiger partial charge in [-0.15, -0.1) is 0 Å². The Morgan fingerprint density at radius 3 is 2.23 bits per heavy atom. The second-order valence-corrected chi connectivity index (χ2v) is 10.4. The van der Waals surface area contributed by atoms with Crippen molar-refractivity contribution < 1.29 is 47.6 Å². The fourth-order valence-electron chi connectivity index (χ4n) is 2.56. The maximum Gasteiger partial charge on any atom is 0.333 e. The van der Waals surface area contributed by atoms with Crippen LogP contribution in [-0.4, -0.2) is 83.0 Å². The Balaban J connectivity index is 4.59. The van der Waals surface area contributed by atoms with Gasteiger partial charge in [-0.05, 0) is 39.3 Å². The van der Waals surface area contributed by atoms with Gasteiger partial charge in [-0.1, -0.05) is 25.7 Å². The number of hydrogen-bond donors (Lipinski definition) is 1. The molecule has 0 aliphatic heterocycles. The summed E-state index contributed by atoms with van der Waals surface area (Å²) in [6.45, 7) is 14.0. The smallest absolute Gasteiger partial charge is 0.333 e. The molecule has 0 amide bonds. The molecule has 0 spiro atoms. The van der Waals surface area contributed by atoms with E-state index >= 15 is 0 Å². The summed E-state index contributed by atoms with van der Waals surface area (Å²) in [5.41, 5.74) is -0.257. The quantitative estimate of drug-likeness (QED) is 0.0642. The summed E-state index contributed by atoms with van der Waals surface area (Å²) in [5, 5.41) is 9.82. The van der Waals surface area contributed by atoms with Gasteiger partial charge in [-0.3, -0.25) is 9.59 Å². The highest BCUT2D eigenvalue weighted by Gasteiger charge is 2.35. The number of ether oxygens (including phenoxy) is 5. The second kappa shape index (κ2) is 18.1. The van der Waals surface area contributed by atoms with Crippen molar-refractivity contribution in [2.24, 2.45) is 0 Å². The minimum atomic E-state index is -1.54. The molecule has 2 unspecified atom stereocenters. The standard InChI is InChI=1S/C24H40O10Si/c1-7-24(16-31-13-18(2)3,17-33-23(28)19(4)5)34-22(27)10-9-21(26)32-15-20(25)14-30-11-8-12-35(6)29/h20,25H,2,4,7-17H2,1,3,5-6H3. The minimum absolute atomic E-state index is 0.0218. The number of aliphatic hydroxyl groups excluding tert-OH is 1. The van der Waals surface area contributed by atoms with E-state index in [2.05, 4.69) is 13.2 Å². The van der Waals surface area contributed by atoms with Crippen molar-refractivity contribution in [2.75, 3.05) is 39.6 Å². The van der Waals surface area contributed by atoms with E-state index in [1.165, 1.54) is 6.92 Å². The lowest BCUT2D eigenvalue weighted by Crippen LogP contribution is -2.45. The number of aliphatic hydroxyl groups is 1. The van der Waals surface area contributed by atoms with Crippen LogP contribution >= 0.6 is 0 Å². The average molecular weight is 517 g/mol. The molecule has 11 heteroatoms. The maximum absolute atomic E-state index is 12.4. The van der Waals surface area contributed by atoms with Crippen LogP contribution in [0, 0.1) is 0 Å². The van der Waals surface area contributed by atoms with Gasteiger partial charge in [-0.25, -0.2) is 4.79 Å². The average Bonchev–Trinajstić information content (AvgIpc) is 2.78. The van der Waals surface area contributed by atoms with E-state index in [0.717, 1.165) is 5.57 Å². The van der Waals surface area contributed by atoms with Gasteiger partial charge >= 0.3 is 17.9 Å². The molecule has 0 aliphatic carbocycles. The van der Waals surface area contributed by atoms with Crippen LogP contribution in [0.25, 0.3) is 0 Å². The Bertz CT molecular complexity index is 736. The highest BCUT2D eigenvalue weighted by molar-refractivity contribution is 6.40. The third-order valence-corrected chi connectivity index (χ3v) is 5.66. The summed E-state index contributed by atoms with van der Waals surface area (Å²) in [6, 6.07) is 0.585. The van der Waals surface area contributed by atoms with Crippen molar-refractivity contribution in [2.45, 2.75) is 70.8 Å². The van der Waals surface area contributed by atoms with E-state index in [1.807, 2.05) is 0 Å². The van der Waals surface area contributed by atoms with Crippen molar-refractivity contribution in [3.8, 4) is 0 Å². The number of carbonyl (C=O) groups excluding carboxylic acids is 3. The SMILES string of the molecule is C=C(C)COCC(CC)(COC(=O)C(=C)C)OC(=O)CCC(=O)OCC(O)COCCC[Si](C)=O. The van der Waals surface area contributed by atoms with Crippen LogP contribution in [0.4, 0.5) is 0 Å². The topological polar surface area (TPSA) is 135 Å². The van der Waals surface area contributed by atoms with Gasteiger partial charge in [0.2, 0.25) is 0 Å². The summed E-state index contributed by atoms with van der Waals surface area (Å²) in [5.74, 6) is -1.99. The van der Waals surface area contributed by atoms with E-state index in [-0.39, 0.29) is 51.4 Å². The number of carbonyl (C=O) groups is 3. The maximum atomic E-state index is 12.4. The molecule has 1 N–H and O–H groups in total. The molecule has 0 aromatic carbocycles. The Morgan fingerprint density at radius 2 is 1.66 bits per heavy atom. The molecule has 35 heavy (non-hydrogen) atoms. The molecular formula is C24H40O10Si. The van der Waals surface area contributed by atoms with Gasteiger partial charge in [-0.2, -0.15) is 0 Å². The number of rotatable bonds is 20. The third-order valence-electron chi connectivity index (χ3n) is 4.60. The van der Waals surface area contributed by atoms with Crippen LogP contribution in [0.15, 0.2) is 24.3 Å². The normalized spacial score (nSPS) is 13.3. The first-order valence-electron chi connectivity index (χ1n) is 11.6. The van der Waals surface area contributed by atoms with Crippen LogP contribution in [0.2, 0.25) is 12.6 Å². The van der Waals surface area contributed by atoms with Crippen molar-refractivity contribution in [3.63, 3.8) is 0 Å². The number of esters is 3. The van der Waals surface area contributed by atoms with Crippen LogP contribution in [0.1, 0.15) is 46.5 Å². The summed E-state index contributed by atoms with van der Waals surface area (Å²) < 4.78 is 37.6. The lowest BCUT2D eigenvalue weighted by atomic mass is 10.0. The first-order chi connectivity index (χ1) is 16.4. The molecule has 0 aromatic heterocycles. The largest absolute Gasteiger partial charge is 0.463 e. The van der Waals surface area contributed by atoms with E-state index in [4.69, 9.17) is 23.7 Å². The molecule has 2 atom stereocenters. The highest BCUT2D eigenvalue weighted by Crippen LogP contribution is 2.20. The van der Waals surface area contributed by atoms with Crippen LogP contribution in [0.3, 0.4) is 0 Å². The Morgan fingerprint density at radius 1 is 1.00 bits per heavy atom. The molecule has 200 valence electrons. The molecule has 10 nitrogen and oxygen atoms in total. The molecule has 0 saturated carbocycles. The predicted molar refractivity (Wildman–Crippen MR) is 129 cm³/mol. The van der Waals surface area contributed by atoms with Crippen LogP contribution in [-0.2, 0) is 42.5 Å². The Kier molecular flexibility index (Phi) is 17.0. The van der Waals surface area contributed by atoms with E-state index in [0.29, 0.717) is 25.5 Å². The van der Waals surface area contributed by atoms with Crippen molar-refractivity contribution >= 4 is 26.6 Å². The summed E-state index contributed by atoms with van der Waals surface area (Å²) in [6.07, 6.45) is -0.601. The highest BCUT2D eigenvalue weighted by atomic mass is 28.3. The first-order valence-corrected chi connectivity index (χ1v) is 13.7. The van der Waals surface area contributed by atoms with Gasteiger partial charge in [0, 0.05) is 12.2 Å². The van der Waals surface area contributed by atoms with Crippen molar-refractivity contribution in [3.05, 3.63) is 24.3 Å². The summed E-state index contributed by atoms with van der Waals surface area (Å²) in [7, 11) is -1.54. The Hall–Kier alpha value is -2.21. The molecule has 0 rings (SSSR count). The van der Waals surface area contributed by atoms with E-state index in [9.17, 15) is 24.0 Å². The minimum Gasteiger partial charge on any atom is -0.463 e. The van der Waals surface area contributed by atoms with Gasteiger partial charge < -0.3 is 33.3 Å². The zero-order valence-electron chi connectivity index (χ0n) is 21.4. The number of hydrogen-bond acceptors (Lipinski definition) is 10. The monoisotopic (exact) mass is 516 g/mol. The molecule has 0 aromatic rings. The molecule has 0 saturated heterocycles. The molecule has 0 aliphatic rings. The van der Waals surface area contributed by atoms with Gasteiger partial charge in [0.05, 0.1) is 32.7 Å². The van der Waals surface area contributed by atoms with E-state index in [1.54, 1.807) is 20.4 Å². The van der Waals surface area contributed by atoms with Crippen LogP contribution < -0.4 is 0 Å². The predicted octanol–water partition coefficient (Wildman–Crippen LogP) is 2.53. The second-order valence-electron chi connectivity index (χ2n) is 8.53. The van der Waals surface area contributed by atoms with Gasteiger partial charge in [0.15, 0.2) is 5.60 Å². The summed E-state index contributed by atoms with van der Waals surface area (Å²) >= 11 is 0. The molecule has 0 radical (unpaired) electrons. The lowest BCUT2D eigenvalue weighted by molar-refractivity contribution is -0.181. The zero-order valence-corrected chi connectivity index (χ0v) is 22.4. The lowest BCUT2D eigenvalue weighted by Gasteiger charge is -2.32. The summed E-state index contributed by atoms with van der Waals surface area (Å²) in [4.78, 5) is 36.2. The molecular weight excluding hydrogens is 476 g/mol. The van der Waals surface area contributed by atoms with Gasteiger partial charge in [0.25, 0.3) is 8.68 Å². The Labute approximate surface area is 209 Å². The third kappa shape index (κ3) is 17.0. The van der Waals surface area contributed by atoms with E-state index < -0.39 is 38.3 Å². The molecule has 0 fully saturated rings. The van der Waals surface area contributed by atoms with Crippen molar-refractivity contribution in [1.82, 2.24) is 0 Å². The fraction of sp³-hybridized carbons (Fsp3) is 0.708. The first kappa shape index (κ1) is 32.8. The molecule has 0 heterocycles. The molecule has 0 bridgehead atoms.